The Balaban J connectivity index is 2.12. The van der Waals surface area contributed by atoms with E-state index in [1.165, 1.54) is 11.6 Å². The molecule has 7 heteroatoms. The van der Waals surface area contributed by atoms with Crippen LogP contribution in [0.4, 0.5) is 5.69 Å². The zero-order chi connectivity index (χ0) is 21.1. The SMILES string of the molecule is C[C@H](NC(=O)CN(c1cccc(Cl)c1)S(C)(=O)=O)c1ccc(C(C)(C)C)cc1. The molecule has 0 saturated carbocycles. The lowest BCUT2D eigenvalue weighted by Crippen LogP contribution is -2.41. The summed E-state index contributed by atoms with van der Waals surface area (Å²) in [5.74, 6) is -0.391. The van der Waals surface area contributed by atoms with Crippen LogP contribution >= 0.6 is 11.6 Å². The quantitative estimate of drug-likeness (QED) is 0.755. The summed E-state index contributed by atoms with van der Waals surface area (Å²) >= 11 is 5.96. The molecule has 2 rings (SSSR count). The van der Waals surface area contributed by atoms with Crippen molar-refractivity contribution >= 4 is 33.2 Å². The Bertz CT molecular complexity index is 935. The van der Waals surface area contributed by atoms with E-state index in [9.17, 15) is 13.2 Å². The van der Waals surface area contributed by atoms with E-state index < -0.39 is 15.9 Å². The minimum absolute atomic E-state index is 0.0535. The number of hydrogen-bond donors (Lipinski definition) is 1. The molecule has 1 N–H and O–H groups in total. The molecule has 0 spiro atoms. The van der Waals surface area contributed by atoms with Crippen molar-refractivity contribution in [2.45, 2.75) is 39.2 Å². The van der Waals surface area contributed by atoms with Crippen LogP contribution in [-0.4, -0.2) is 27.1 Å². The van der Waals surface area contributed by atoms with Crippen LogP contribution in [0.3, 0.4) is 0 Å². The third kappa shape index (κ3) is 5.97. The summed E-state index contributed by atoms with van der Waals surface area (Å²) in [5, 5.41) is 3.27. The number of carbonyl (C=O) groups is 1. The fraction of sp³-hybridized carbons (Fsp3) is 0.381. The molecule has 2 aromatic rings. The van der Waals surface area contributed by atoms with Gasteiger partial charge in [0.2, 0.25) is 15.9 Å². The van der Waals surface area contributed by atoms with Crippen molar-refractivity contribution in [3.05, 3.63) is 64.7 Å². The van der Waals surface area contributed by atoms with Gasteiger partial charge in [-0.05, 0) is 41.7 Å². The monoisotopic (exact) mass is 422 g/mol. The van der Waals surface area contributed by atoms with E-state index in [1.807, 2.05) is 31.2 Å². The van der Waals surface area contributed by atoms with Crippen LogP contribution in [0.25, 0.3) is 0 Å². The van der Waals surface area contributed by atoms with Gasteiger partial charge in [0.25, 0.3) is 0 Å². The Morgan fingerprint density at radius 2 is 1.75 bits per heavy atom. The average Bonchev–Trinajstić information content (AvgIpc) is 2.58. The van der Waals surface area contributed by atoms with Crippen LogP contribution in [0.1, 0.15) is 44.9 Å². The lowest BCUT2D eigenvalue weighted by atomic mass is 9.86. The molecular weight excluding hydrogens is 396 g/mol. The number of rotatable bonds is 6. The Kier molecular flexibility index (Phi) is 6.78. The number of amides is 1. The lowest BCUT2D eigenvalue weighted by molar-refractivity contribution is -0.120. The molecule has 152 valence electrons. The third-order valence-electron chi connectivity index (χ3n) is 4.44. The van der Waals surface area contributed by atoms with Gasteiger partial charge in [0.1, 0.15) is 6.54 Å². The van der Waals surface area contributed by atoms with E-state index in [-0.39, 0.29) is 18.0 Å². The zero-order valence-corrected chi connectivity index (χ0v) is 18.4. The summed E-state index contributed by atoms with van der Waals surface area (Å²) in [7, 11) is -3.64. The summed E-state index contributed by atoms with van der Waals surface area (Å²) in [4.78, 5) is 12.5. The zero-order valence-electron chi connectivity index (χ0n) is 16.9. The maximum absolute atomic E-state index is 12.5. The third-order valence-corrected chi connectivity index (χ3v) is 5.81. The highest BCUT2D eigenvalue weighted by Crippen LogP contribution is 2.24. The molecule has 0 unspecified atom stereocenters. The van der Waals surface area contributed by atoms with E-state index >= 15 is 0 Å². The molecule has 0 aliphatic heterocycles. The maximum atomic E-state index is 12.5. The van der Waals surface area contributed by atoms with Crippen molar-refractivity contribution in [2.24, 2.45) is 0 Å². The van der Waals surface area contributed by atoms with Crippen molar-refractivity contribution in [1.82, 2.24) is 5.32 Å². The molecule has 0 heterocycles. The van der Waals surface area contributed by atoms with E-state index in [0.29, 0.717) is 10.7 Å². The predicted molar refractivity (Wildman–Crippen MR) is 115 cm³/mol. The molecule has 5 nitrogen and oxygen atoms in total. The highest BCUT2D eigenvalue weighted by molar-refractivity contribution is 7.92. The lowest BCUT2D eigenvalue weighted by Gasteiger charge is -2.24. The molecule has 0 fully saturated rings. The van der Waals surface area contributed by atoms with Crippen molar-refractivity contribution in [2.75, 3.05) is 17.1 Å². The van der Waals surface area contributed by atoms with Gasteiger partial charge in [0.15, 0.2) is 0 Å². The number of halogens is 1. The van der Waals surface area contributed by atoms with Gasteiger partial charge in [0, 0.05) is 5.02 Å². The van der Waals surface area contributed by atoms with Crippen molar-refractivity contribution in [3.63, 3.8) is 0 Å². The van der Waals surface area contributed by atoms with Gasteiger partial charge in [-0.25, -0.2) is 8.42 Å². The molecule has 0 bridgehead atoms. The van der Waals surface area contributed by atoms with Crippen LogP contribution < -0.4 is 9.62 Å². The van der Waals surface area contributed by atoms with Crippen LogP contribution in [0.15, 0.2) is 48.5 Å². The first-order valence-corrected chi connectivity index (χ1v) is 11.2. The van der Waals surface area contributed by atoms with Crippen molar-refractivity contribution in [1.29, 1.82) is 0 Å². The second-order valence-corrected chi connectivity index (χ2v) is 10.3. The smallest absolute Gasteiger partial charge is 0.241 e. The minimum Gasteiger partial charge on any atom is -0.348 e. The van der Waals surface area contributed by atoms with Crippen LogP contribution in [-0.2, 0) is 20.2 Å². The molecule has 0 radical (unpaired) electrons. The van der Waals surface area contributed by atoms with Gasteiger partial charge in [0.05, 0.1) is 18.0 Å². The van der Waals surface area contributed by atoms with E-state index in [0.717, 1.165) is 16.1 Å². The summed E-state index contributed by atoms with van der Waals surface area (Å²) in [6.45, 7) is 7.98. The standard InChI is InChI=1S/C21H27ClN2O3S/c1-15(16-9-11-17(12-10-16)21(2,3)4)23-20(25)14-24(28(5,26)27)19-8-6-7-18(22)13-19/h6-13,15H,14H2,1-5H3,(H,23,25)/t15-/m0/s1. The second kappa shape index (κ2) is 8.53. The van der Waals surface area contributed by atoms with E-state index in [4.69, 9.17) is 11.6 Å². The fourth-order valence-electron chi connectivity index (χ4n) is 2.80. The number of benzene rings is 2. The molecule has 1 atom stereocenters. The number of nitrogens with one attached hydrogen (secondary N) is 1. The number of carbonyl (C=O) groups excluding carboxylic acids is 1. The molecule has 0 aliphatic rings. The summed E-state index contributed by atoms with van der Waals surface area (Å²) < 4.78 is 25.4. The Morgan fingerprint density at radius 3 is 2.25 bits per heavy atom. The average molecular weight is 423 g/mol. The fourth-order valence-corrected chi connectivity index (χ4v) is 3.84. The van der Waals surface area contributed by atoms with Crippen molar-refractivity contribution < 1.29 is 13.2 Å². The van der Waals surface area contributed by atoms with Gasteiger partial charge >= 0.3 is 0 Å². The Labute approximate surface area is 172 Å². The topological polar surface area (TPSA) is 66.5 Å². The first-order valence-electron chi connectivity index (χ1n) is 9.01. The highest BCUT2D eigenvalue weighted by atomic mass is 35.5. The Hall–Kier alpha value is -2.05. The Morgan fingerprint density at radius 1 is 1.14 bits per heavy atom. The molecule has 0 saturated heterocycles. The molecular formula is C21H27ClN2O3S. The largest absolute Gasteiger partial charge is 0.348 e. The summed E-state index contributed by atoms with van der Waals surface area (Å²) in [5.41, 5.74) is 2.57. The van der Waals surface area contributed by atoms with Crippen molar-refractivity contribution in [3.8, 4) is 0 Å². The van der Waals surface area contributed by atoms with Gasteiger partial charge in [-0.3, -0.25) is 9.10 Å². The van der Waals surface area contributed by atoms with E-state index in [2.05, 4.69) is 26.1 Å². The van der Waals surface area contributed by atoms with Crippen LogP contribution in [0.2, 0.25) is 5.02 Å². The molecule has 0 aliphatic carbocycles. The summed E-state index contributed by atoms with van der Waals surface area (Å²) in [6, 6.07) is 14.2. The van der Waals surface area contributed by atoms with Gasteiger partial charge in [-0.1, -0.05) is 62.7 Å². The maximum Gasteiger partial charge on any atom is 0.241 e. The van der Waals surface area contributed by atoms with Crippen LogP contribution in [0.5, 0.6) is 0 Å². The molecule has 1 amide bonds. The van der Waals surface area contributed by atoms with E-state index in [1.54, 1.807) is 18.2 Å². The van der Waals surface area contributed by atoms with Gasteiger partial charge < -0.3 is 5.32 Å². The van der Waals surface area contributed by atoms with Gasteiger partial charge in [-0.2, -0.15) is 0 Å². The molecule has 0 aromatic heterocycles. The normalized spacial score (nSPS) is 13.1. The minimum atomic E-state index is -3.64. The number of nitrogens with zero attached hydrogens (tertiary/aromatic N) is 1. The highest BCUT2D eigenvalue weighted by Gasteiger charge is 2.22. The molecule has 28 heavy (non-hydrogen) atoms. The van der Waals surface area contributed by atoms with Crippen LogP contribution in [0, 0.1) is 0 Å². The number of sulfonamides is 1. The summed E-state index contributed by atoms with van der Waals surface area (Å²) in [6.07, 6.45) is 1.07. The molecule has 2 aromatic carbocycles. The predicted octanol–water partition coefficient (Wildman–Crippen LogP) is 4.28. The van der Waals surface area contributed by atoms with Gasteiger partial charge in [-0.15, -0.1) is 0 Å². The first kappa shape index (κ1) is 22.2. The first-order chi connectivity index (χ1) is 12.9. The number of hydrogen-bond acceptors (Lipinski definition) is 3. The number of anilines is 1. The second-order valence-electron chi connectivity index (χ2n) is 7.91.